The van der Waals surface area contributed by atoms with Gasteiger partial charge < -0.3 is 16.4 Å². The van der Waals surface area contributed by atoms with Crippen molar-refractivity contribution in [2.45, 2.75) is 13.0 Å². The lowest BCUT2D eigenvalue weighted by Gasteiger charge is -2.16. The van der Waals surface area contributed by atoms with Crippen molar-refractivity contribution in [1.29, 1.82) is 0 Å². The molecule has 0 amide bonds. The van der Waals surface area contributed by atoms with Gasteiger partial charge in [-0.25, -0.2) is 9.97 Å². The van der Waals surface area contributed by atoms with Gasteiger partial charge in [0, 0.05) is 44.4 Å². The largest absolute Gasteiger partial charge is 0.353 e. The van der Waals surface area contributed by atoms with Gasteiger partial charge in [-0.05, 0) is 0 Å². The Balaban J connectivity index is 2.12. The zero-order valence-electron chi connectivity index (χ0n) is 8.08. The van der Waals surface area contributed by atoms with Crippen LogP contribution in [0.5, 0.6) is 0 Å². The number of rotatable bonds is 3. The molecule has 0 aromatic carbocycles. The maximum Gasteiger partial charge on any atom is 0.222 e. The van der Waals surface area contributed by atoms with Crippen LogP contribution < -0.4 is 16.4 Å². The fraction of sp³-hybridized carbons (Fsp3) is 0.556. The third-order valence-corrected chi connectivity index (χ3v) is 2.24. The smallest absolute Gasteiger partial charge is 0.222 e. The van der Waals surface area contributed by atoms with Crippen molar-refractivity contribution in [1.82, 2.24) is 15.3 Å². The second-order valence-corrected chi connectivity index (χ2v) is 3.31. The van der Waals surface area contributed by atoms with Crippen LogP contribution in [-0.4, -0.2) is 29.6 Å². The van der Waals surface area contributed by atoms with Gasteiger partial charge in [-0.15, -0.1) is 0 Å². The minimum absolute atomic E-state index is 0.599. The average molecular weight is 193 g/mol. The number of anilines is 1. The van der Waals surface area contributed by atoms with Crippen molar-refractivity contribution >= 4 is 5.95 Å². The highest BCUT2D eigenvalue weighted by molar-refractivity contribution is 5.30. The molecule has 1 aromatic rings. The van der Waals surface area contributed by atoms with Gasteiger partial charge in [-0.2, -0.15) is 0 Å². The van der Waals surface area contributed by atoms with Crippen LogP contribution in [0.15, 0.2) is 6.20 Å². The van der Waals surface area contributed by atoms with E-state index >= 15 is 0 Å². The van der Waals surface area contributed by atoms with Crippen LogP contribution >= 0.6 is 0 Å². The van der Waals surface area contributed by atoms with E-state index in [1.807, 2.05) is 6.20 Å². The van der Waals surface area contributed by atoms with E-state index in [1.165, 1.54) is 5.56 Å². The molecule has 14 heavy (non-hydrogen) atoms. The number of nitrogens with two attached hydrogens (primary N) is 1. The monoisotopic (exact) mass is 193 g/mol. The summed E-state index contributed by atoms with van der Waals surface area (Å²) in [6.45, 7) is 3.20. The molecule has 76 valence electrons. The predicted molar refractivity (Wildman–Crippen MR) is 55.0 cm³/mol. The minimum atomic E-state index is 0.599. The fourth-order valence-electron chi connectivity index (χ4n) is 1.51. The Kier molecular flexibility index (Phi) is 2.90. The summed E-state index contributed by atoms with van der Waals surface area (Å²) in [5.41, 5.74) is 7.74. The van der Waals surface area contributed by atoms with Crippen LogP contribution in [0.3, 0.4) is 0 Å². The van der Waals surface area contributed by atoms with E-state index in [-0.39, 0.29) is 0 Å². The van der Waals surface area contributed by atoms with Gasteiger partial charge in [-0.1, -0.05) is 0 Å². The summed E-state index contributed by atoms with van der Waals surface area (Å²) in [6, 6.07) is 0. The fourth-order valence-corrected chi connectivity index (χ4v) is 1.51. The van der Waals surface area contributed by atoms with Gasteiger partial charge in [0.25, 0.3) is 0 Å². The number of hydrogen-bond donors (Lipinski definition) is 3. The first-order valence-electron chi connectivity index (χ1n) is 4.89. The first kappa shape index (κ1) is 9.36. The van der Waals surface area contributed by atoms with E-state index < -0.39 is 0 Å². The van der Waals surface area contributed by atoms with Crippen molar-refractivity contribution < 1.29 is 0 Å². The van der Waals surface area contributed by atoms with E-state index in [1.54, 1.807) is 0 Å². The highest BCUT2D eigenvalue weighted by atomic mass is 15.1. The Morgan fingerprint density at radius 1 is 1.57 bits per heavy atom. The quantitative estimate of drug-likeness (QED) is 0.603. The Morgan fingerprint density at radius 2 is 2.50 bits per heavy atom. The third kappa shape index (κ3) is 2.00. The van der Waals surface area contributed by atoms with Gasteiger partial charge >= 0.3 is 0 Å². The third-order valence-electron chi connectivity index (χ3n) is 2.24. The lowest BCUT2D eigenvalue weighted by molar-refractivity contribution is 0.626. The van der Waals surface area contributed by atoms with Crippen LogP contribution in [0.4, 0.5) is 5.95 Å². The minimum Gasteiger partial charge on any atom is -0.353 e. The maximum atomic E-state index is 5.39. The molecule has 0 atom stereocenters. The molecule has 2 heterocycles. The molecule has 0 spiro atoms. The van der Waals surface area contributed by atoms with E-state index in [0.29, 0.717) is 12.5 Å². The van der Waals surface area contributed by atoms with Crippen LogP contribution in [0.25, 0.3) is 0 Å². The summed E-state index contributed by atoms with van der Waals surface area (Å²) in [5.74, 6) is 0.691. The summed E-state index contributed by atoms with van der Waals surface area (Å²) in [6.07, 6.45) is 2.86. The molecule has 5 heteroatoms. The number of aromatic nitrogens is 2. The van der Waals surface area contributed by atoms with Crippen molar-refractivity contribution in [2.75, 3.05) is 25.0 Å². The van der Waals surface area contributed by atoms with Crippen molar-refractivity contribution in [3.63, 3.8) is 0 Å². The molecule has 0 saturated heterocycles. The van der Waals surface area contributed by atoms with E-state index in [0.717, 1.165) is 31.7 Å². The molecule has 0 bridgehead atoms. The molecule has 0 fully saturated rings. The molecule has 0 unspecified atom stereocenters. The lowest BCUT2D eigenvalue weighted by atomic mass is 10.1. The molecular formula is C9H15N5. The first-order chi connectivity index (χ1) is 6.90. The normalized spacial score (nSPS) is 14.9. The van der Waals surface area contributed by atoms with Gasteiger partial charge in [0.05, 0.1) is 5.69 Å². The Labute approximate surface area is 83.1 Å². The number of hydrogen-bond acceptors (Lipinski definition) is 5. The molecule has 1 aliphatic rings. The van der Waals surface area contributed by atoms with Gasteiger partial charge in [0.2, 0.25) is 5.95 Å². The molecule has 1 aromatic heterocycles. The topological polar surface area (TPSA) is 75.9 Å². The summed E-state index contributed by atoms with van der Waals surface area (Å²) in [5, 5.41) is 6.36. The zero-order valence-corrected chi connectivity index (χ0v) is 8.08. The summed E-state index contributed by atoms with van der Waals surface area (Å²) in [4.78, 5) is 8.64. The molecule has 0 saturated carbocycles. The Bertz CT molecular complexity index is 312. The lowest BCUT2D eigenvalue weighted by Crippen LogP contribution is -2.25. The summed E-state index contributed by atoms with van der Waals surface area (Å²) >= 11 is 0. The van der Waals surface area contributed by atoms with Gasteiger partial charge in [-0.3, -0.25) is 0 Å². The van der Waals surface area contributed by atoms with Gasteiger partial charge in [0.15, 0.2) is 0 Å². The molecule has 1 aliphatic heterocycles. The summed E-state index contributed by atoms with van der Waals surface area (Å²) < 4.78 is 0. The van der Waals surface area contributed by atoms with Crippen LogP contribution in [0.1, 0.15) is 11.3 Å². The second kappa shape index (κ2) is 4.34. The van der Waals surface area contributed by atoms with E-state index in [2.05, 4.69) is 20.6 Å². The molecule has 5 nitrogen and oxygen atoms in total. The molecule has 2 rings (SSSR count). The van der Waals surface area contributed by atoms with E-state index in [4.69, 9.17) is 5.73 Å². The first-order valence-corrected chi connectivity index (χ1v) is 4.89. The zero-order chi connectivity index (χ0) is 9.80. The summed E-state index contributed by atoms with van der Waals surface area (Å²) in [7, 11) is 0. The molecule has 4 N–H and O–H groups in total. The highest BCUT2D eigenvalue weighted by Gasteiger charge is 2.10. The van der Waals surface area contributed by atoms with E-state index in [9.17, 15) is 0 Å². The van der Waals surface area contributed by atoms with Crippen LogP contribution in [0, 0.1) is 0 Å². The second-order valence-electron chi connectivity index (χ2n) is 3.31. The van der Waals surface area contributed by atoms with Gasteiger partial charge in [0.1, 0.15) is 0 Å². The molecule has 0 radical (unpaired) electrons. The average Bonchev–Trinajstić information content (AvgIpc) is 2.26. The van der Waals surface area contributed by atoms with Crippen molar-refractivity contribution in [2.24, 2.45) is 5.73 Å². The SMILES string of the molecule is NCCNc1ncc2c(n1)CCNC2. The number of nitrogens with one attached hydrogen (secondary N) is 2. The predicted octanol–water partition coefficient (Wildman–Crippen LogP) is -0.507. The number of nitrogens with zero attached hydrogens (tertiary/aromatic N) is 2. The molecule has 0 aliphatic carbocycles. The molecular weight excluding hydrogens is 178 g/mol. The standard InChI is InChI=1S/C9H15N5/c10-2-4-12-9-13-6-7-5-11-3-1-8(7)14-9/h6,11H,1-5,10H2,(H,12,13,14). The highest BCUT2D eigenvalue weighted by Crippen LogP contribution is 2.11. The van der Waals surface area contributed by atoms with Crippen LogP contribution in [-0.2, 0) is 13.0 Å². The number of fused-ring (bicyclic) bond motifs is 1. The van der Waals surface area contributed by atoms with Crippen LogP contribution in [0.2, 0.25) is 0 Å². The van der Waals surface area contributed by atoms with Crippen molar-refractivity contribution in [3.8, 4) is 0 Å². The Hall–Kier alpha value is -1.20. The Morgan fingerprint density at radius 3 is 3.36 bits per heavy atom. The van der Waals surface area contributed by atoms with Crippen molar-refractivity contribution in [3.05, 3.63) is 17.5 Å². The maximum absolute atomic E-state index is 5.39.